The van der Waals surface area contributed by atoms with Crippen LogP contribution in [0.5, 0.6) is 5.88 Å². The molecule has 1 N–H and O–H groups in total. The molecule has 1 atom stereocenters. The number of methoxy groups -OCH3 is 1. The van der Waals surface area contributed by atoms with Gasteiger partial charge in [0.05, 0.1) is 12.8 Å². The Morgan fingerprint density at radius 3 is 2.65 bits per heavy atom. The number of rotatable bonds is 3. The van der Waals surface area contributed by atoms with Crippen LogP contribution in [0.4, 0.5) is 0 Å². The molecular weight excluding hydrogens is 254 g/mol. The molecule has 3 aromatic rings. The molecule has 0 aliphatic carbocycles. The van der Waals surface area contributed by atoms with Crippen molar-refractivity contribution in [1.29, 1.82) is 0 Å². The van der Waals surface area contributed by atoms with E-state index in [1.807, 2.05) is 24.3 Å². The highest BCUT2D eigenvalue weighted by Crippen LogP contribution is 2.27. The molecular formula is C15H13N3O2. The van der Waals surface area contributed by atoms with Gasteiger partial charge in [-0.1, -0.05) is 24.3 Å². The lowest BCUT2D eigenvalue weighted by Gasteiger charge is -2.12. The first-order chi connectivity index (χ1) is 9.79. The lowest BCUT2D eigenvalue weighted by atomic mass is 10.0. The van der Waals surface area contributed by atoms with Crippen LogP contribution in [0.2, 0.25) is 0 Å². The number of nitrogens with zero attached hydrogens (tertiary/aromatic N) is 3. The van der Waals surface area contributed by atoms with E-state index in [9.17, 15) is 5.11 Å². The number of aliphatic hydroxyl groups is 1. The largest absolute Gasteiger partial charge is 0.480 e. The summed E-state index contributed by atoms with van der Waals surface area (Å²) in [6.45, 7) is 0. The second-order valence-corrected chi connectivity index (χ2v) is 4.35. The molecule has 20 heavy (non-hydrogen) atoms. The molecule has 0 amide bonds. The molecule has 1 unspecified atom stereocenters. The minimum absolute atomic E-state index is 0.414. The quantitative estimate of drug-likeness (QED) is 0.787. The fourth-order valence-corrected chi connectivity index (χ4v) is 2.10. The molecule has 1 aromatic carbocycles. The molecule has 0 saturated carbocycles. The van der Waals surface area contributed by atoms with E-state index in [1.54, 1.807) is 24.5 Å². The Hall–Kier alpha value is -2.53. The third-order valence-corrected chi connectivity index (χ3v) is 3.14. The number of hydrogen-bond acceptors (Lipinski definition) is 5. The van der Waals surface area contributed by atoms with Gasteiger partial charge in [0.15, 0.2) is 0 Å². The second kappa shape index (κ2) is 5.22. The molecule has 2 aromatic heterocycles. The minimum atomic E-state index is -0.869. The molecule has 0 spiro atoms. The Labute approximate surface area is 115 Å². The predicted molar refractivity (Wildman–Crippen MR) is 74.4 cm³/mol. The van der Waals surface area contributed by atoms with Gasteiger partial charge in [0, 0.05) is 29.4 Å². The van der Waals surface area contributed by atoms with E-state index in [0.29, 0.717) is 17.1 Å². The van der Waals surface area contributed by atoms with Gasteiger partial charge in [0.2, 0.25) is 5.88 Å². The van der Waals surface area contributed by atoms with Crippen molar-refractivity contribution in [2.75, 3.05) is 7.11 Å². The Balaban J connectivity index is 2.05. The molecule has 5 nitrogen and oxygen atoms in total. The third kappa shape index (κ3) is 2.19. The molecule has 0 aliphatic heterocycles. The maximum atomic E-state index is 10.5. The van der Waals surface area contributed by atoms with Gasteiger partial charge in [-0.3, -0.25) is 4.98 Å². The van der Waals surface area contributed by atoms with E-state index in [1.165, 1.54) is 7.11 Å². The topological polar surface area (TPSA) is 68.1 Å². The Kier molecular flexibility index (Phi) is 3.26. The highest BCUT2D eigenvalue weighted by Gasteiger charge is 2.16. The third-order valence-electron chi connectivity index (χ3n) is 3.14. The van der Waals surface area contributed by atoms with Crippen LogP contribution in [0.1, 0.15) is 17.4 Å². The van der Waals surface area contributed by atoms with Crippen molar-refractivity contribution < 1.29 is 9.84 Å². The first-order valence-corrected chi connectivity index (χ1v) is 6.18. The summed E-state index contributed by atoms with van der Waals surface area (Å²) in [7, 11) is 1.52. The van der Waals surface area contributed by atoms with E-state index in [0.717, 1.165) is 10.8 Å². The lowest BCUT2D eigenvalue weighted by molar-refractivity contribution is 0.214. The summed E-state index contributed by atoms with van der Waals surface area (Å²) in [5, 5.41) is 20.3. The van der Waals surface area contributed by atoms with Gasteiger partial charge in [-0.2, -0.15) is 0 Å². The SMILES string of the molecule is COc1ccc(C(O)c2cncc3ccccc23)nn1. The van der Waals surface area contributed by atoms with Crippen molar-refractivity contribution in [1.82, 2.24) is 15.2 Å². The van der Waals surface area contributed by atoms with Crippen LogP contribution < -0.4 is 4.74 Å². The molecule has 0 saturated heterocycles. The van der Waals surface area contributed by atoms with Gasteiger partial charge >= 0.3 is 0 Å². The maximum Gasteiger partial charge on any atom is 0.233 e. The van der Waals surface area contributed by atoms with Gasteiger partial charge < -0.3 is 9.84 Å². The molecule has 0 aliphatic rings. The average molecular weight is 267 g/mol. The van der Waals surface area contributed by atoms with Crippen LogP contribution in [0.15, 0.2) is 48.8 Å². The first-order valence-electron chi connectivity index (χ1n) is 6.18. The monoisotopic (exact) mass is 267 g/mol. The number of pyridine rings is 1. The number of ether oxygens (including phenoxy) is 1. The number of aliphatic hydroxyl groups excluding tert-OH is 1. The van der Waals surface area contributed by atoms with Crippen LogP contribution >= 0.6 is 0 Å². The van der Waals surface area contributed by atoms with Crippen molar-refractivity contribution >= 4 is 10.8 Å². The van der Waals surface area contributed by atoms with Crippen molar-refractivity contribution in [2.24, 2.45) is 0 Å². The van der Waals surface area contributed by atoms with Crippen LogP contribution in [0.25, 0.3) is 10.8 Å². The van der Waals surface area contributed by atoms with Gasteiger partial charge in [0.1, 0.15) is 6.10 Å². The summed E-state index contributed by atoms with van der Waals surface area (Å²) in [6, 6.07) is 11.1. The van der Waals surface area contributed by atoms with Gasteiger partial charge in [0.25, 0.3) is 0 Å². The predicted octanol–water partition coefficient (Wildman–Crippen LogP) is 2.12. The van der Waals surface area contributed by atoms with E-state index >= 15 is 0 Å². The maximum absolute atomic E-state index is 10.5. The smallest absolute Gasteiger partial charge is 0.233 e. The molecule has 3 rings (SSSR count). The van der Waals surface area contributed by atoms with E-state index in [4.69, 9.17) is 4.74 Å². The lowest BCUT2D eigenvalue weighted by Crippen LogP contribution is -2.05. The summed E-state index contributed by atoms with van der Waals surface area (Å²) in [4.78, 5) is 4.16. The Morgan fingerprint density at radius 2 is 1.90 bits per heavy atom. The summed E-state index contributed by atoms with van der Waals surface area (Å²) < 4.78 is 4.96. The van der Waals surface area contributed by atoms with Crippen molar-refractivity contribution in [3.8, 4) is 5.88 Å². The molecule has 0 fully saturated rings. The molecule has 100 valence electrons. The van der Waals surface area contributed by atoms with E-state index < -0.39 is 6.10 Å². The molecule has 2 heterocycles. The number of aromatic nitrogens is 3. The van der Waals surface area contributed by atoms with Gasteiger partial charge in [-0.25, -0.2) is 0 Å². The zero-order valence-electron chi connectivity index (χ0n) is 10.9. The second-order valence-electron chi connectivity index (χ2n) is 4.35. The van der Waals surface area contributed by atoms with Crippen molar-refractivity contribution in [3.05, 3.63) is 60.0 Å². The minimum Gasteiger partial charge on any atom is -0.480 e. The molecule has 0 radical (unpaired) electrons. The zero-order valence-corrected chi connectivity index (χ0v) is 10.9. The normalized spacial score (nSPS) is 12.3. The van der Waals surface area contributed by atoms with Gasteiger partial charge in [-0.05, 0) is 11.5 Å². The summed E-state index contributed by atoms with van der Waals surface area (Å²) in [5.41, 5.74) is 1.17. The highest BCUT2D eigenvalue weighted by atomic mass is 16.5. The van der Waals surface area contributed by atoms with Crippen molar-refractivity contribution in [2.45, 2.75) is 6.10 Å². The van der Waals surface area contributed by atoms with E-state index in [2.05, 4.69) is 15.2 Å². The standard InChI is InChI=1S/C15H13N3O2/c1-20-14-7-6-13(17-18-14)15(19)12-9-16-8-10-4-2-3-5-11(10)12/h2-9,15,19H,1H3. The van der Waals surface area contributed by atoms with Crippen LogP contribution in [0.3, 0.4) is 0 Å². The molecule has 5 heteroatoms. The fourth-order valence-electron chi connectivity index (χ4n) is 2.10. The van der Waals surface area contributed by atoms with E-state index in [-0.39, 0.29) is 0 Å². The average Bonchev–Trinajstić information content (AvgIpc) is 2.54. The van der Waals surface area contributed by atoms with Crippen molar-refractivity contribution in [3.63, 3.8) is 0 Å². The summed E-state index contributed by atoms with van der Waals surface area (Å²) >= 11 is 0. The first kappa shape index (κ1) is 12.5. The fraction of sp³-hybridized carbons (Fsp3) is 0.133. The summed E-state index contributed by atoms with van der Waals surface area (Å²) in [5.74, 6) is 0.414. The zero-order chi connectivity index (χ0) is 13.9. The van der Waals surface area contributed by atoms with Gasteiger partial charge in [-0.15, -0.1) is 10.2 Å². The highest BCUT2D eigenvalue weighted by molar-refractivity contribution is 5.85. The number of fused-ring (bicyclic) bond motifs is 1. The van der Waals surface area contributed by atoms with Crippen LogP contribution in [0, 0.1) is 0 Å². The number of hydrogen-bond donors (Lipinski definition) is 1. The Morgan fingerprint density at radius 1 is 1.05 bits per heavy atom. The van der Waals surface area contributed by atoms with Crippen LogP contribution in [-0.4, -0.2) is 27.4 Å². The number of benzene rings is 1. The molecule has 0 bridgehead atoms. The Bertz CT molecular complexity index is 723. The van der Waals surface area contributed by atoms with Crippen LogP contribution in [-0.2, 0) is 0 Å². The summed E-state index contributed by atoms with van der Waals surface area (Å²) in [6.07, 6.45) is 2.55.